The second kappa shape index (κ2) is 14.9. The smallest absolute Gasteiger partial charge is 0.228 e. The molecule has 2 heterocycles. The van der Waals surface area contributed by atoms with Crippen molar-refractivity contribution in [1.82, 2.24) is 4.90 Å². The molecule has 32 heavy (non-hydrogen) atoms. The van der Waals surface area contributed by atoms with Gasteiger partial charge in [-0.3, -0.25) is 0 Å². The molecule has 1 aliphatic rings. The molecule has 1 fully saturated rings. The molecule has 2 nitrogen and oxygen atoms in total. The molecule has 0 atom stereocenters. The maximum Gasteiger partial charge on any atom is 0.228 e. The van der Waals surface area contributed by atoms with Gasteiger partial charge in [-0.15, -0.1) is 0 Å². The Balaban J connectivity index is 1.57. The molecule has 1 aliphatic heterocycles. The van der Waals surface area contributed by atoms with Gasteiger partial charge in [0, 0.05) is 31.6 Å². The highest BCUT2D eigenvalue weighted by molar-refractivity contribution is 5.77. The minimum atomic E-state index is 1.12. The van der Waals surface area contributed by atoms with E-state index in [2.05, 4.69) is 77.2 Å². The Morgan fingerprint density at radius 2 is 1.38 bits per heavy atom. The third-order valence-corrected chi connectivity index (χ3v) is 6.76. The number of hydrogen-bond donors (Lipinski definition) is 0. The van der Waals surface area contributed by atoms with Crippen LogP contribution in [0.2, 0.25) is 0 Å². The molecule has 2 aromatic rings. The van der Waals surface area contributed by atoms with Gasteiger partial charge in [0.2, 0.25) is 5.69 Å². The van der Waals surface area contributed by atoms with E-state index in [1.807, 2.05) is 0 Å². The third kappa shape index (κ3) is 8.45. The van der Waals surface area contributed by atoms with Crippen LogP contribution in [0.15, 0.2) is 54.7 Å². The molecule has 0 aliphatic carbocycles. The summed E-state index contributed by atoms with van der Waals surface area (Å²) in [5, 5.41) is 0. The van der Waals surface area contributed by atoms with Gasteiger partial charge in [-0.05, 0) is 43.4 Å². The van der Waals surface area contributed by atoms with Gasteiger partial charge in [-0.2, -0.15) is 4.57 Å². The SMILES string of the molecule is CCCCCCCCCCCC[n+]1ccccc1C(=Cc1ccccc1)N1CCCCC1. The number of nitrogens with zero attached hydrogens (tertiary/aromatic N) is 2. The number of rotatable bonds is 14. The van der Waals surface area contributed by atoms with Crippen molar-refractivity contribution in [3.05, 3.63) is 66.0 Å². The zero-order chi connectivity index (χ0) is 22.3. The molecular weight excluding hydrogens is 388 g/mol. The van der Waals surface area contributed by atoms with Crippen LogP contribution < -0.4 is 4.57 Å². The lowest BCUT2D eigenvalue weighted by atomic mass is 10.1. The zero-order valence-corrected chi connectivity index (χ0v) is 20.5. The predicted octanol–water partition coefficient (Wildman–Crippen LogP) is 7.88. The monoisotopic (exact) mass is 433 g/mol. The normalized spacial score (nSPS) is 14.7. The summed E-state index contributed by atoms with van der Waals surface area (Å²) in [7, 11) is 0. The number of likely N-dealkylation sites (tertiary alicyclic amines) is 1. The van der Waals surface area contributed by atoms with E-state index >= 15 is 0 Å². The number of hydrogen-bond acceptors (Lipinski definition) is 1. The van der Waals surface area contributed by atoms with Crippen LogP contribution in [0.1, 0.15) is 102 Å². The fourth-order valence-electron chi connectivity index (χ4n) is 4.84. The van der Waals surface area contributed by atoms with E-state index in [1.165, 1.54) is 114 Å². The van der Waals surface area contributed by atoms with E-state index in [0.29, 0.717) is 0 Å². The van der Waals surface area contributed by atoms with Gasteiger partial charge in [-0.1, -0.05) is 88.6 Å². The maximum absolute atomic E-state index is 2.61. The molecule has 0 N–H and O–H groups in total. The summed E-state index contributed by atoms with van der Waals surface area (Å²) in [5.74, 6) is 0. The van der Waals surface area contributed by atoms with Crippen molar-refractivity contribution in [2.45, 2.75) is 96.9 Å². The number of pyridine rings is 1. The summed E-state index contributed by atoms with van der Waals surface area (Å²) in [4.78, 5) is 2.61. The van der Waals surface area contributed by atoms with Gasteiger partial charge in [0.05, 0.1) is 0 Å². The van der Waals surface area contributed by atoms with E-state index in [4.69, 9.17) is 0 Å². The highest BCUT2D eigenvalue weighted by Crippen LogP contribution is 2.24. The first kappa shape index (κ1) is 24.6. The second-order valence-corrected chi connectivity index (χ2v) is 9.45. The summed E-state index contributed by atoms with van der Waals surface area (Å²) in [6, 6.07) is 17.5. The van der Waals surface area contributed by atoms with Gasteiger partial charge in [-0.25, -0.2) is 0 Å². The molecule has 0 spiro atoms. The second-order valence-electron chi connectivity index (χ2n) is 9.45. The molecule has 174 valence electrons. The summed E-state index contributed by atoms with van der Waals surface area (Å²) in [5.41, 5.74) is 4.06. The number of aryl methyl sites for hydroxylation is 1. The van der Waals surface area contributed by atoms with Crippen LogP contribution in [0.25, 0.3) is 11.8 Å². The highest BCUT2D eigenvalue weighted by Gasteiger charge is 2.22. The van der Waals surface area contributed by atoms with Crippen LogP contribution in [-0.2, 0) is 6.54 Å². The molecule has 1 saturated heterocycles. The Labute approximate surface area is 197 Å². The molecule has 0 amide bonds. The van der Waals surface area contributed by atoms with Crippen molar-refractivity contribution in [2.75, 3.05) is 13.1 Å². The Kier molecular flexibility index (Phi) is 11.4. The first-order chi connectivity index (χ1) is 15.9. The van der Waals surface area contributed by atoms with E-state index in [0.717, 1.165) is 6.54 Å². The van der Waals surface area contributed by atoms with Crippen LogP contribution in [-0.4, -0.2) is 18.0 Å². The number of aromatic nitrogens is 1. The van der Waals surface area contributed by atoms with Crippen molar-refractivity contribution in [3.63, 3.8) is 0 Å². The predicted molar refractivity (Wildman–Crippen MR) is 138 cm³/mol. The van der Waals surface area contributed by atoms with Gasteiger partial charge in [0.1, 0.15) is 12.2 Å². The molecule has 1 aromatic heterocycles. The van der Waals surface area contributed by atoms with Gasteiger partial charge in [0.15, 0.2) is 6.20 Å². The van der Waals surface area contributed by atoms with Crippen LogP contribution in [0.5, 0.6) is 0 Å². The average Bonchev–Trinajstić information content (AvgIpc) is 2.85. The van der Waals surface area contributed by atoms with Crippen LogP contribution in [0, 0.1) is 0 Å². The Hall–Kier alpha value is -2.09. The van der Waals surface area contributed by atoms with E-state index in [-0.39, 0.29) is 0 Å². The first-order valence-electron chi connectivity index (χ1n) is 13.4. The molecule has 0 saturated carbocycles. The average molecular weight is 434 g/mol. The maximum atomic E-state index is 2.61. The minimum absolute atomic E-state index is 1.12. The van der Waals surface area contributed by atoms with Crippen molar-refractivity contribution in [1.29, 1.82) is 0 Å². The van der Waals surface area contributed by atoms with E-state index < -0.39 is 0 Å². The Bertz CT molecular complexity index is 774. The topological polar surface area (TPSA) is 7.12 Å². The van der Waals surface area contributed by atoms with Crippen LogP contribution in [0.3, 0.4) is 0 Å². The molecule has 2 heteroatoms. The van der Waals surface area contributed by atoms with Crippen molar-refractivity contribution >= 4 is 11.8 Å². The van der Waals surface area contributed by atoms with E-state index in [1.54, 1.807) is 0 Å². The van der Waals surface area contributed by atoms with Crippen LogP contribution in [0.4, 0.5) is 0 Å². The molecule has 0 radical (unpaired) electrons. The van der Waals surface area contributed by atoms with Gasteiger partial charge < -0.3 is 4.90 Å². The molecule has 0 bridgehead atoms. The Morgan fingerprint density at radius 1 is 0.750 bits per heavy atom. The number of piperidine rings is 1. The molecule has 1 aromatic carbocycles. The van der Waals surface area contributed by atoms with Crippen LogP contribution >= 0.6 is 0 Å². The van der Waals surface area contributed by atoms with Crippen molar-refractivity contribution in [2.24, 2.45) is 0 Å². The molecular formula is C30H45N2+. The van der Waals surface area contributed by atoms with Crippen molar-refractivity contribution in [3.8, 4) is 0 Å². The third-order valence-electron chi connectivity index (χ3n) is 6.76. The van der Waals surface area contributed by atoms with Gasteiger partial charge in [0.25, 0.3) is 0 Å². The summed E-state index contributed by atoms with van der Waals surface area (Å²) in [6.07, 6.45) is 22.5. The lowest BCUT2D eigenvalue weighted by Crippen LogP contribution is -2.41. The fraction of sp³-hybridized carbons (Fsp3) is 0.567. The van der Waals surface area contributed by atoms with Crippen molar-refractivity contribution < 1.29 is 4.57 Å². The zero-order valence-electron chi connectivity index (χ0n) is 20.5. The van der Waals surface area contributed by atoms with E-state index in [9.17, 15) is 0 Å². The lowest BCUT2D eigenvalue weighted by molar-refractivity contribution is -0.700. The fourth-order valence-corrected chi connectivity index (χ4v) is 4.84. The summed E-state index contributed by atoms with van der Waals surface area (Å²) < 4.78 is 2.49. The standard InChI is InChI=1S/C30H45N2/c1-2-3-4-5-6-7-8-9-10-16-23-31-26-19-15-22-29(31)30(32-24-17-12-18-25-32)27-28-20-13-11-14-21-28/h11,13-15,19-22,26-27H,2-10,12,16-18,23-25H2,1H3/q+1. The Morgan fingerprint density at radius 3 is 2.06 bits per heavy atom. The summed E-state index contributed by atoms with van der Waals surface area (Å²) >= 11 is 0. The molecule has 0 unspecified atom stereocenters. The quantitative estimate of drug-likeness (QED) is 0.217. The van der Waals surface area contributed by atoms with Gasteiger partial charge >= 0.3 is 0 Å². The lowest BCUT2D eigenvalue weighted by Gasteiger charge is -2.30. The highest BCUT2D eigenvalue weighted by atomic mass is 15.2. The minimum Gasteiger partial charge on any atom is -0.366 e. The first-order valence-corrected chi connectivity index (χ1v) is 13.4. The number of benzene rings is 1. The summed E-state index contributed by atoms with van der Waals surface area (Å²) in [6.45, 7) is 5.76. The molecule has 3 rings (SSSR count). The largest absolute Gasteiger partial charge is 0.366 e. The number of unbranched alkanes of at least 4 members (excludes halogenated alkanes) is 9.